The van der Waals surface area contributed by atoms with Crippen LogP contribution in [0.25, 0.3) is 0 Å². The summed E-state index contributed by atoms with van der Waals surface area (Å²) in [7, 11) is 0. The summed E-state index contributed by atoms with van der Waals surface area (Å²) in [5, 5.41) is 5.15. The molecule has 0 spiro atoms. The minimum absolute atomic E-state index is 0. The van der Waals surface area contributed by atoms with Crippen molar-refractivity contribution in [3.05, 3.63) is 71.1 Å². The first-order valence-electron chi connectivity index (χ1n) is 9.12. The van der Waals surface area contributed by atoms with E-state index in [0.717, 1.165) is 18.2 Å². The van der Waals surface area contributed by atoms with Crippen molar-refractivity contribution in [3.8, 4) is 0 Å². The lowest BCUT2D eigenvalue weighted by atomic mass is 9.81. The van der Waals surface area contributed by atoms with E-state index >= 15 is 0 Å². The third kappa shape index (κ3) is 3.93. The number of carbonyl (C=O) groups excluding carboxylic acids is 2. The zero-order valence-electron chi connectivity index (χ0n) is 16.0. The molecule has 2 amide bonds. The van der Waals surface area contributed by atoms with Gasteiger partial charge in [0.2, 0.25) is 11.8 Å². The highest BCUT2D eigenvalue weighted by atomic mass is 19.2. The molecule has 1 heterocycles. The Balaban J connectivity index is 0.00000240. The zero-order chi connectivity index (χ0) is 21.5. The highest BCUT2D eigenvalue weighted by Crippen LogP contribution is 2.37. The molecule has 3 aliphatic rings. The van der Waals surface area contributed by atoms with Gasteiger partial charge in [0.25, 0.3) is 0 Å². The molecule has 0 aromatic heterocycles. The van der Waals surface area contributed by atoms with Gasteiger partial charge in [-0.05, 0) is 44.9 Å². The number of hydrogen-bond donors (Lipinski definition) is 2. The lowest BCUT2D eigenvalue weighted by Gasteiger charge is -2.33. The number of carbonyl (C=O) groups is 2. The van der Waals surface area contributed by atoms with Crippen LogP contribution in [0.5, 0.6) is 0 Å². The summed E-state index contributed by atoms with van der Waals surface area (Å²) in [6.45, 7) is 4.46. The SMILES string of the molecule is CC1=C([C@H](C)C(=O)N[C@@H](C)C2[CH]C=C(F)C=C2F)C(=O)NC2[CH]C=C(F)C(F)=C12.[HH].[HH]. The molecule has 1 aliphatic heterocycles. The molecule has 2 N–H and O–H groups in total. The second-order valence-electron chi connectivity index (χ2n) is 7.24. The van der Waals surface area contributed by atoms with Crippen LogP contribution < -0.4 is 10.6 Å². The predicted octanol–water partition coefficient (Wildman–Crippen LogP) is 4.27. The Kier molecular flexibility index (Phi) is 5.82. The van der Waals surface area contributed by atoms with Crippen LogP contribution in [0.1, 0.15) is 23.6 Å². The van der Waals surface area contributed by atoms with Crippen LogP contribution in [-0.2, 0) is 9.59 Å². The van der Waals surface area contributed by atoms with Gasteiger partial charge < -0.3 is 10.6 Å². The van der Waals surface area contributed by atoms with E-state index < -0.39 is 59.0 Å². The van der Waals surface area contributed by atoms with Crippen LogP contribution in [0.15, 0.2) is 58.3 Å². The molecular weight excluding hydrogens is 388 g/mol. The Morgan fingerprint density at radius 3 is 2.52 bits per heavy atom. The summed E-state index contributed by atoms with van der Waals surface area (Å²) in [4.78, 5) is 25.2. The Hall–Kier alpha value is -2.64. The van der Waals surface area contributed by atoms with Gasteiger partial charge in [-0.15, -0.1) is 0 Å². The Morgan fingerprint density at radius 2 is 1.86 bits per heavy atom. The molecule has 158 valence electrons. The van der Waals surface area contributed by atoms with Crippen molar-refractivity contribution in [1.82, 2.24) is 10.6 Å². The molecule has 0 saturated carbocycles. The Bertz CT molecular complexity index is 924. The maximum absolute atomic E-state index is 14.3. The molecule has 2 aliphatic carbocycles. The first-order valence-corrected chi connectivity index (χ1v) is 9.12. The average molecular weight is 412 g/mol. The molecule has 0 fully saturated rings. The zero-order valence-corrected chi connectivity index (χ0v) is 16.0. The van der Waals surface area contributed by atoms with E-state index in [1.54, 1.807) is 6.92 Å². The molecule has 8 heteroatoms. The standard InChI is InChI=1S/C21H20F4N2O2.2H2/c1-9-17(21(29)27-16-7-6-14(23)19(25)18(9)16)10(2)20(28)26-11(3)13-5-4-12(22)8-15(13)24;;/h4-8,10-11,13,16H,1-3H3,(H,26,28)(H,27,29);2*1H/t10-,11-,13?,16?;;/m0../s1. The lowest BCUT2D eigenvalue weighted by Crippen LogP contribution is -2.48. The van der Waals surface area contributed by atoms with Crippen molar-refractivity contribution in [2.24, 2.45) is 11.8 Å². The minimum atomic E-state index is -1.08. The van der Waals surface area contributed by atoms with Gasteiger partial charge >= 0.3 is 0 Å². The third-order valence-electron chi connectivity index (χ3n) is 5.32. The third-order valence-corrected chi connectivity index (χ3v) is 5.32. The molecule has 4 nitrogen and oxygen atoms in total. The normalized spacial score (nSPS) is 26.7. The Morgan fingerprint density at radius 1 is 1.17 bits per heavy atom. The molecule has 29 heavy (non-hydrogen) atoms. The number of nitrogens with one attached hydrogen (secondary N) is 2. The Labute approximate surface area is 169 Å². The van der Waals surface area contributed by atoms with E-state index in [9.17, 15) is 27.2 Å². The second-order valence-corrected chi connectivity index (χ2v) is 7.24. The molecule has 2 radical (unpaired) electrons. The van der Waals surface area contributed by atoms with Crippen LogP contribution in [0.4, 0.5) is 17.6 Å². The van der Waals surface area contributed by atoms with Crippen LogP contribution >= 0.6 is 0 Å². The van der Waals surface area contributed by atoms with Crippen molar-refractivity contribution in [3.63, 3.8) is 0 Å². The van der Waals surface area contributed by atoms with E-state index in [1.807, 2.05) is 0 Å². The fraction of sp³-hybridized carbons (Fsp3) is 0.333. The summed E-state index contributed by atoms with van der Waals surface area (Å²) >= 11 is 0. The summed E-state index contributed by atoms with van der Waals surface area (Å²) in [6.07, 6.45) is 5.43. The second kappa shape index (κ2) is 8.00. The highest BCUT2D eigenvalue weighted by Gasteiger charge is 2.38. The van der Waals surface area contributed by atoms with Crippen LogP contribution in [-0.4, -0.2) is 23.9 Å². The van der Waals surface area contributed by atoms with Gasteiger partial charge in [0.15, 0.2) is 11.7 Å². The molecule has 2 unspecified atom stereocenters. The van der Waals surface area contributed by atoms with E-state index in [4.69, 9.17) is 0 Å². The average Bonchev–Trinajstić information content (AvgIpc) is 2.64. The molecule has 0 saturated heterocycles. The fourth-order valence-electron chi connectivity index (χ4n) is 3.73. The summed E-state index contributed by atoms with van der Waals surface area (Å²) < 4.78 is 55.0. The smallest absolute Gasteiger partial charge is 0.248 e. The molecule has 4 atom stereocenters. The number of halogens is 4. The quantitative estimate of drug-likeness (QED) is 0.678. The molecule has 0 aromatic rings. The van der Waals surface area contributed by atoms with Crippen molar-refractivity contribution in [2.75, 3.05) is 0 Å². The van der Waals surface area contributed by atoms with E-state index in [-0.39, 0.29) is 19.6 Å². The van der Waals surface area contributed by atoms with E-state index in [2.05, 4.69) is 10.6 Å². The molecule has 3 rings (SSSR count). The van der Waals surface area contributed by atoms with Crippen LogP contribution in [0.3, 0.4) is 0 Å². The molecule has 0 bridgehead atoms. The summed E-state index contributed by atoms with van der Waals surface area (Å²) in [5.74, 6) is -6.58. The minimum Gasteiger partial charge on any atom is -0.352 e. The van der Waals surface area contributed by atoms with Crippen molar-refractivity contribution in [1.29, 1.82) is 0 Å². The fourth-order valence-corrected chi connectivity index (χ4v) is 3.73. The van der Waals surface area contributed by atoms with E-state index in [0.29, 0.717) is 0 Å². The monoisotopic (exact) mass is 412 g/mol. The maximum Gasteiger partial charge on any atom is 0.248 e. The summed E-state index contributed by atoms with van der Waals surface area (Å²) in [5.41, 5.74) is 0.169. The van der Waals surface area contributed by atoms with Gasteiger partial charge in [0, 0.05) is 38.5 Å². The number of fused-ring (bicyclic) bond motifs is 1. The molecular formula is C21H24F4N2O2. The lowest BCUT2D eigenvalue weighted by molar-refractivity contribution is -0.127. The van der Waals surface area contributed by atoms with Crippen molar-refractivity contribution < 1.29 is 30.0 Å². The van der Waals surface area contributed by atoms with Gasteiger partial charge in [-0.2, -0.15) is 0 Å². The van der Waals surface area contributed by atoms with E-state index in [1.165, 1.54) is 26.7 Å². The first-order chi connectivity index (χ1) is 13.6. The van der Waals surface area contributed by atoms with Crippen molar-refractivity contribution in [2.45, 2.75) is 32.9 Å². The largest absolute Gasteiger partial charge is 0.352 e. The van der Waals surface area contributed by atoms with Gasteiger partial charge in [-0.1, -0.05) is 0 Å². The van der Waals surface area contributed by atoms with Crippen LogP contribution in [0, 0.1) is 24.7 Å². The maximum atomic E-state index is 14.3. The number of amides is 2. The first kappa shape index (κ1) is 21.1. The number of allylic oxidation sites excluding steroid dienone is 5. The highest BCUT2D eigenvalue weighted by molar-refractivity contribution is 6.03. The topological polar surface area (TPSA) is 58.2 Å². The number of hydrogen-bond acceptors (Lipinski definition) is 2. The number of rotatable bonds is 4. The molecule has 0 aromatic carbocycles. The van der Waals surface area contributed by atoms with Gasteiger partial charge in [-0.25, -0.2) is 17.6 Å². The van der Waals surface area contributed by atoms with Gasteiger partial charge in [0.05, 0.1) is 12.0 Å². The summed E-state index contributed by atoms with van der Waals surface area (Å²) in [6, 6.07) is -1.53. The van der Waals surface area contributed by atoms with Gasteiger partial charge in [-0.3, -0.25) is 9.59 Å². The van der Waals surface area contributed by atoms with Crippen LogP contribution in [0.2, 0.25) is 0 Å². The van der Waals surface area contributed by atoms with Gasteiger partial charge in [0.1, 0.15) is 11.7 Å². The predicted molar refractivity (Wildman–Crippen MR) is 103 cm³/mol. The van der Waals surface area contributed by atoms with Crippen molar-refractivity contribution >= 4 is 11.8 Å².